The first-order valence-electron chi connectivity index (χ1n) is 11.1. The predicted octanol–water partition coefficient (Wildman–Crippen LogP) is 6.36. The van der Waals surface area contributed by atoms with Crippen LogP contribution in [0.25, 0.3) is 0 Å². The number of amides is 2. The highest BCUT2D eigenvalue weighted by Crippen LogP contribution is 2.23. The Hall–Kier alpha value is -2.28. The number of halogens is 2. The second kappa shape index (κ2) is 13.0. The van der Waals surface area contributed by atoms with Crippen molar-refractivity contribution in [1.29, 1.82) is 0 Å². The fourth-order valence-electron chi connectivity index (χ4n) is 3.53. The van der Waals surface area contributed by atoms with Crippen molar-refractivity contribution in [2.24, 2.45) is 0 Å². The van der Waals surface area contributed by atoms with Crippen LogP contribution >= 0.6 is 39.3 Å². The van der Waals surface area contributed by atoms with Crippen LogP contribution in [0.15, 0.2) is 88.2 Å². The number of rotatable bonds is 10. The van der Waals surface area contributed by atoms with Gasteiger partial charge in [0.1, 0.15) is 6.04 Å². The van der Waals surface area contributed by atoms with Crippen LogP contribution in [0.2, 0.25) is 5.02 Å². The van der Waals surface area contributed by atoms with Crippen LogP contribution in [-0.2, 0) is 22.6 Å². The van der Waals surface area contributed by atoms with E-state index in [1.165, 1.54) is 11.8 Å². The van der Waals surface area contributed by atoms with Crippen LogP contribution in [-0.4, -0.2) is 34.6 Å². The van der Waals surface area contributed by atoms with Gasteiger partial charge in [-0.25, -0.2) is 0 Å². The predicted molar refractivity (Wildman–Crippen MR) is 144 cm³/mol. The molecule has 0 heterocycles. The Morgan fingerprint density at radius 2 is 1.65 bits per heavy atom. The molecule has 3 aromatic carbocycles. The zero-order valence-corrected chi connectivity index (χ0v) is 22.4. The van der Waals surface area contributed by atoms with Gasteiger partial charge in [-0.3, -0.25) is 9.59 Å². The molecule has 0 radical (unpaired) electrons. The van der Waals surface area contributed by atoms with Gasteiger partial charge in [0.25, 0.3) is 0 Å². The third-order valence-electron chi connectivity index (χ3n) is 5.12. The van der Waals surface area contributed by atoms with Gasteiger partial charge in [0.15, 0.2) is 0 Å². The molecule has 1 atom stereocenters. The quantitative estimate of drug-likeness (QED) is 0.294. The van der Waals surface area contributed by atoms with Gasteiger partial charge in [-0.1, -0.05) is 70.0 Å². The van der Waals surface area contributed by atoms with E-state index in [0.717, 1.165) is 20.5 Å². The molecule has 0 bridgehead atoms. The highest BCUT2D eigenvalue weighted by molar-refractivity contribution is 9.10. The molecule has 0 spiro atoms. The minimum atomic E-state index is -0.637. The smallest absolute Gasteiger partial charge is 0.243 e. The third kappa shape index (κ3) is 8.19. The lowest BCUT2D eigenvalue weighted by atomic mass is 10.0. The van der Waals surface area contributed by atoms with Crippen molar-refractivity contribution in [2.45, 2.75) is 43.8 Å². The maximum absolute atomic E-state index is 13.6. The van der Waals surface area contributed by atoms with E-state index < -0.39 is 6.04 Å². The summed E-state index contributed by atoms with van der Waals surface area (Å²) in [5.41, 5.74) is 1.96. The molecule has 0 aromatic heterocycles. The number of nitrogens with zero attached hydrogens (tertiary/aromatic N) is 1. The average molecular weight is 560 g/mol. The normalized spacial score (nSPS) is 11.8. The van der Waals surface area contributed by atoms with E-state index in [4.69, 9.17) is 11.6 Å². The van der Waals surface area contributed by atoms with E-state index in [1.807, 2.05) is 92.7 Å². The Morgan fingerprint density at radius 3 is 2.29 bits per heavy atom. The van der Waals surface area contributed by atoms with E-state index in [-0.39, 0.29) is 23.6 Å². The van der Waals surface area contributed by atoms with Gasteiger partial charge >= 0.3 is 0 Å². The van der Waals surface area contributed by atoms with Crippen LogP contribution in [0.1, 0.15) is 25.0 Å². The average Bonchev–Trinajstić information content (AvgIpc) is 2.81. The lowest BCUT2D eigenvalue weighted by Gasteiger charge is -2.32. The second-order valence-corrected chi connectivity index (χ2v) is 10.7. The zero-order chi connectivity index (χ0) is 24.5. The third-order valence-corrected chi connectivity index (χ3v) is 6.86. The molecule has 34 heavy (non-hydrogen) atoms. The Kier molecular flexibility index (Phi) is 10.1. The molecule has 0 unspecified atom stereocenters. The Bertz CT molecular complexity index is 1090. The molecule has 0 saturated heterocycles. The van der Waals surface area contributed by atoms with Crippen molar-refractivity contribution < 1.29 is 9.59 Å². The molecule has 2 amide bonds. The minimum Gasteiger partial charge on any atom is -0.352 e. The minimum absolute atomic E-state index is 0.0305. The molecular formula is C27H28BrClN2O2S. The van der Waals surface area contributed by atoms with Crippen molar-refractivity contribution in [3.8, 4) is 0 Å². The summed E-state index contributed by atoms with van der Waals surface area (Å²) in [6.07, 6.45) is 0.435. The largest absolute Gasteiger partial charge is 0.352 e. The van der Waals surface area contributed by atoms with E-state index >= 15 is 0 Å². The number of benzene rings is 3. The summed E-state index contributed by atoms with van der Waals surface area (Å²) < 4.78 is 0.930. The first kappa shape index (κ1) is 26.3. The molecule has 3 rings (SSSR count). The van der Waals surface area contributed by atoms with E-state index in [1.54, 1.807) is 4.90 Å². The van der Waals surface area contributed by atoms with Crippen molar-refractivity contribution in [2.75, 3.05) is 5.75 Å². The topological polar surface area (TPSA) is 49.4 Å². The molecule has 1 N–H and O–H groups in total. The van der Waals surface area contributed by atoms with Gasteiger partial charge in [-0.05, 0) is 61.4 Å². The number of thioether (sulfide) groups is 1. The van der Waals surface area contributed by atoms with Crippen molar-refractivity contribution in [3.63, 3.8) is 0 Å². The van der Waals surface area contributed by atoms with Crippen LogP contribution < -0.4 is 5.32 Å². The van der Waals surface area contributed by atoms with Gasteiger partial charge in [-0.2, -0.15) is 0 Å². The molecule has 7 heteroatoms. The van der Waals surface area contributed by atoms with Crippen LogP contribution in [0.5, 0.6) is 0 Å². The SMILES string of the molecule is CC(C)NC(=O)[C@@H](Cc1ccccc1)N(Cc1cccc(Br)c1)C(=O)CSc1ccc(Cl)cc1. The van der Waals surface area contributed by atoms with Crippen LogP contribution in [0, 0.1) is 0 Å². The summed E-state index contributed by atoms with van der Waals surface area (Å²) in [5, 5.41) is 3.67. The fraction of sp³-hybridized carbons (Fsp3) is 0.259. The zero-order valence-electron chi connectivity index (χ0n) is 19.2. The highest BCUT2D eigenvalue weighted by atomic mass is 79.9. The van der Waals surface area contributed by atoms with E-state index in [2.05, 4.69) is 21.2 Å². The summed E-state index contributed by atoms with van der Waals surface area (Å²) >= 11 is 10.9. The molecule has 4 nitrogen and oxygen atoms in total. The number of hydrogen-bond acceptors (Lipinski definition) is 3. The van der Waals surface area contributed by atoms with Gasteiger partial charge in [-0.15, -0.1) is 11.8 Å². The molecule has 3 aromatic rings. The molecule has 0 aliphatic rings. The summed E-state index contributed by atoms with van der Waals surface area (Å²) in [6.45, 7) is 4.19. The summed E-state index contributed by atoms with van der Waals surface area (Å²) in [6, 6.07) is 24.4. The first-order chi connectivity index (χ1) is 16.3. The van der Waals surface area contributed by atoms with Gasteiger partial charge < -0.3 is 10.2 Å². The molecule has 0 saturated carbocycles. The fourth-order valence-corrected chi connectivity index (χ4v) is 4.88. The van der Waals surface area contributed by atoms with Crippen LogP contribution in [0.4, 0.5) is 0 Å². The first-order valence-corrected chi connectivity index (χ1v) is 13.2. The summed E-state index contributed by atoms with van der Waals surface area (Å²) in [5.74, 6) is -0.0333. The maximum atomic E-state index is 13.6. The molecular weight excluding hydrogens is 532 g/mol. The lowest BCUT2D eigenvalue weighted by molar-refractivity contribution is -0.139. The summed E-state index contributed by atoms with van der Waals surface area (Å²) in [7, 11) is 0. The summed E-state index contributed by atoms with van der Waals surface area (Å²) in [4.78, 5) is 29.6. The Balaban J connectivity index is 1.90. The lowest BCUT2D eigenvalue weighted by Crippen LogP contribution is -2.52. The Morgan fingerprint density at radius 1 is 0.971 bits per heavy atom. The highest BCUT2D eigenvalue weighted by Gasteiger charge is 2.30. The van der Waals surface area contributed by atoms with Crippen molar-refractivity contribution in [1.82, 2.24) is 10.2 Å². The number of nitrogens with one attached hydrogen (secondary N) is 1. The molecule has 0 aliphatic carbocycles. The van der Waals surface area contributed by atoms with Crippen molar-refractivity contribution >= 4 is 51.1 Å². The maximum Gasteiger partial charge on any atom is 0.243 e. The number of carbonyl (C=O) groups is 2. The van der Waals surface area contributed by atoms with Crippen LogP contribution in [0.3, 0.4) is 0 Å². The molecule has 0 aliphatic heterocycles. The number of hydrogen-bond donors (Lipinski definition) is 1. The molecule has 0 fully saturated rings. The molecule has 178 valence electrons. The van der Waals surface area contributed by atoms with E-state index in [9.17, 15) is 9.59 Å². The second-order valence-electron chi connectivity index (χ2n) is 8.26. The monoisotopic (exact) mass is 558 g/mol. The standard InChI is InChI=1S/C27H28BrClN2O2S/c1-19(2)30-27(33)25(16-20-7-4-3-5-8-20)31(17-21-9-6-10-22(28)15-21)26(32)18-34-24-13-11-23(29)12-14-24/h3-15,19,25H,16-18H2,1-2H3,(H,30,33)/t25-/m1/s1. The Labute approximate surface area is 219 Å². The van der Waals surface area contributed by atoms with Crippen molar-refractivity contribution in [3.05, 3.63) is 99.5 Å². The van der Waals surface area contributed by atoms with Gasteiger partial charge in [0.05, 0.1) is 5.75 Å². The van der Waals surface area contributed by atoms with E-state index in [0.29, 0.717) is 18.0 Å². The van der Waals surface area contributed by atoms with Gasteiger partial charge in [0, 0.05) is 33.4 Å². The van der Waals surface area contributed by atoms with Gasteiger partial charge in [0.2, 0.25) is 11.8 Å². The number of carbonyl (C=O) groups excluding carboxylic acids is 2.